The monoisotopic (exact) mass is 354 g/mol. The number of unbranched alkanes of at least 4 members (excludes halogenated alkanes) is 4. The third-order valence-electron chi connectivity index (χ3n) is 7.45. The van der Waals surface area contributed by atoms with Gasteiger partial charge in [-0.1, -0.05) is 89.5 Å². The highest BCUT2D eigenvalue weighted by Crippen LogP contribution is 2.48. The molecule has 0 heteroatoms. The number of aryl methyl sites for hydroxylation is 1. The van der Waals surface area contributed by atoms with Crippen molar-refractivity contribution in [2.45, 2.75) is 110 Å². The summed E-state index contributed by atoms with van der Waals surface area (Å²) < 4.78 is 0. The predicted octanol–water partition coefficient (Wildman–Crippen LogP) is 8.30. The van der Waals surface area contributed by atoms with Gasteiger partial charge in [-0.05, 0) is 73.3 Å². The molecule has 2 aliphatic rings. The van der Waals surface area contributed by atoms with Gasteiger partial charge in [-0.2, -0.15) is 0 Å². The number of fused-ring (bicyclic) bond motifs is 1. The van der Waals surface area contributed by atoms with Gasteiger partial charge in [-0.25, -0.2) is 0 Å². The van der Waals surface area contributed by atoms with Crippen molar-refractivity contribution in [1.82, 2.24) is 0 Å². The maximum absolute atomic E-state index is 2.44. The molecule has 2 fully saturated rings. The van der Waals surface area contributed by atoms with E-state index in [0.29, 0.717) is 0 Å². The molecule has 0 radical (unpaired) electrons. The fraction of sp³-hybridized carbons (Fsp3) is 0.769. The van der Waals surface area contributed by atoms with Crippen molar-refractivity contribution >= 4 is 0 Å². The Morgan fingerprint density at radius 1 is 0.769 bits per heavy atom. The van der Waals surface area contributed by atoms with E-state index in [1.54, 1.807) is 17.5 Å². The number of hydrogen-bond donors (Lipinski definition) is 0. The van der Waals surface area contributed by atoms with Gasteiger partial charge in [0.2, 0.25) is 0 Å². The molecule has 2 aliphatic carbocycles. The van der Waals surface area contributed by atoms with Crippen LogP contribution in [-0.2, 0) is 6.42 Å². The van der Waals surface area contributed by atoms with E-state index in [1.165, 1.54) is 83.5 Å². The van der Waals surface area contributed by atoms with Crippen LogP contribution in [0.4, 0.5) is 0 Å². The van der Waals surface area contributed by atoms with Crippen molar-refractivity contribution in [2.24, 2.45) is 17.8 Å². The average molecular weight is 355 g/mol. The van der Waals surface area contributed by atoms with Gasteiger partial charge in [0.05, 0.1) is 0 Å². The SMILES string of the molecule is CCCCCCC[C@H]1CC[C@@H]2C[C@H](c3ccccc3CCC)CC[C@H]2C1. The first-order chi connectivity index (χ1) is 12.8. The van der Waals surface area contributed by atoms with Gasteiger partial charge in [0.25, 0.3) is 0 Å². The van der Waals surface area contributed by atoms with E-state index in [-0.39, 0.29) is 0 Å². The first kappa shape index (κ1) is 20.0. The minimum Gasteiger partial charge on any atom is -0.0654 e. The molecule has 146 valence electrons. The third-order valence-corrected chi connectivity index (χ3v) is 7.45. The third kappa shape index (κ3) is 5.37. The lowest BCUT2D eigenvalue weighted by atomic mass is 9.63. The van der Waals surface area contributed by atoms with Gasteiger partial charge < -0.3 is 0 Å². The second-order valence-corrected chi connectivity index (χ2v) is 9.36. The standard InChI is InChI=1S/C26H42/c1-3-5-6-7-8-12-21-15-16-24-20-25(18-17-23(24)19-21)26-14-10-9-13-22(26)11-4-2/h9-10,13-14,21,23-25H,3-8,11-12,15-20H2,1-2H3/t21-,23-,24+,25+/m0/s1. The minimum atomic E-state index is 0.851. The first-order valence-electron chi connectivity index (χ1n) is 11.9. The smallest absolute Gasteiger partial charge is 0.0156 e. The summed E-state index contributed by atoms with van der Waals surface area (Å²) in [7, 11) is 0. The maximum atomic E-state index is 2.44. The fourth-order valence-electron chi connectivity index (χ4n) is 6.00. The van der Waals surface area contributed by atoms with Crippen LogP contribution < -0.4 is 0 Å². The van der Waals surface area contributed by atoms with E-state index in [2.05, 4.69) is 38.1 Å². The molecule has 0 heterocycles. The van der Waals surface area contributed by atoms with Gasteiger partial charge in [0.15, 0.2) is 0 Å². The molecule has 1 aromatic carbocycles. The molecule has 0 saturated heterocycles. The Hall–Kier alpha value is -0.780. The summed E-state index contributed by atoms with van der Waals surface area (Å²) in [5.74, 6) is 3.99. The lowest BCUT2D eigenvalue weighted by Crippen LogP contribution is -2.30. The highest BCUT2D eigenvalue weighted by molar-refractivity contribution is 5.31. The molecule has 2 saturated carbocycles. The zero-order valence-electron chi connectivity index (χ0n) is 17.5. The molecule has 0 N–H and O–H groups in total. The summed E-state index contributed by atoms with van der Waals surface area (Å²) >= 11 is 0. The number of benzene rings is 1. The fourth-order valence-corrected chi connectivity index (χ4v) is 6.00. The highest BCUT2D eigenvalue weighted by atomic mass is 14.4. The minimum absolute atomic E-state index is 0.851. The Labute approximate surface area is 163 Å². The lowest BCUT2D eigenvalue weighted by Gasteiger charge is -2.43. The molecule has 0 unspecified atom stereocenters. The Bertz CT molecular complexity index is 517. The van der Waals surface area contributed by atoms with Crippen LogP contribution in [0.15, 0.2) is 24.3 Å². The molecule has 3 rings (SSSR count). The second kappa shape index (κ2) is 10.5. The zero-order chi connectivity index (χ0) is 18.2. The molecule has 0 aliphatic heterocycles. The van der Waals surface area contributed by atoms with Crippen molar-refractivity contribution in [1.29, 1.82) is 0 Å². The molecule has 0 nitrogen and oxygen atoms in total. The summed E-state index contributed by atoms with van der Waals surface area (Å²) in [5.41, 5.74) is 3.34. The molecule has 4 atom stereocenters. The largest absolute Gasteiger partial charge is 0.0654 e. The topological polar surface area (TPSA) is 0 Å². The maximum Gasteiger partial charge on any atom is -0.0156 e. The van der Waals surface area contributed by atoms with Crippen molar-refractivity contribution in [3.05, 3.63) is 35.4 Å². The van der Waals surface area contributed by atoms with Crippen LogP contribution in [0.5, 0.6) is 0 Å². The first-order valence-corrected chi connectivity index (χ1v) is 11.9. The average Bonchev–Trinajstić information content (AvgIpc) is 2.68. The quantitative estimate of drug-likeness (QED) is 0.391. The number of rotatable bonds is 9. The van der Waals surface area contributed by atoms with Crippen LogP contribution in [0.1, 0.15) is 114 Å². The van der Waals surface area contributed by atoms with Gasteiger partial charge >= 0.3 is 0 Å². The van der Waals surface area contributed by atoms with Crippen molar-refractivity contribution < 1.29 is 0 Å². The van der Waals surface area contributed by atoms with Gasteiger partial charge in [-0.15, -0.1) is 0 Å². The molecule has 0 spiro atoms. The van der Waals surface area contributed by atoms with E-state index in [1.807, 2.05) is 0 Å². The molecule has 0 bridgehead atoms. The molecule has 0 amide bonds. The van der Waals surface area contributed by atoms with E-state index >= 15 is 0 Å². The Morgan fingerprint density at radius 2 is 1.54 bits per heavy atom. The van der Waals surface area contributed by atoms with Crippen LogP contribution in [0, 0.1) is 17.8 Å². The van der Waals surface area contributed by atoms with Crippen molar-refractivity contribution in [3.63, 3.8) is 0 Å². The molecule has 0 aromatic heterocycles. The normalized spacial score (nSPS) is 28.7. The summed E-state index contributed by atoms with van der Waals surface area (Å²) in [4.78, 5) is 0. The molecule has 26 heavy (non-hydrogen) atoms. The Morgan fingerprint density at radius 3 is 2.38 bits per heavy atom. The Kier molecular flexibility index (Phi) is 8.08. The van der Waals surface area contributed by atoms with Gasteiger partial charge in [-0.3, -0.25) is 0 Å². The van der Waals surface area contributed by atoms with Crippen LogP contribution in [0.25, 0.3) is 0 Å². The summed E-state index contributed by atoms with van der Waals surface area (Å²) in [6, 6.07) is 9.35. The zero-order valence-corrected chi connectivity index (χ0v) is 17.5. The predicted molar refractivity (Wildman–Crippen MR) is 115 cm³/mol. The van der Waals surface area contributed by atoms with Gasteiger partial charge in [0, 0.05) is 0 Å². The summed E-state index contributed by atoms with van der Waals surface area (Å²) in [5, 5.41) is 0. The van der Waals surface area contributed by atoms with Crippen molar-refractivity contribution in [3.8, 4) is 0 Å². The summed E-state index contributed by atoms with van der Waals surface area (Å²) in [6.45, 7) is 4.63. The van der Waals surface area contributed by atoms with E-state index in [9.17, 15) is 0 Å². The van der Waals surface area contributed by atoms with Crippen LogP contribution in [0.3, 0.4) is 0 Å². The molecule has 1 aromatic rings. The van der Waals surface area contributed by atoms with Crippen LogP contribution in [0.2, 0.25) is 0 Å². The highest BCUT2D eigenvalue weighted by Gasteiger charge is 2.36. The Balaban J connectivity index is 1.48. The van der Waals surface area contributed by atoms with Crippen LogP contribution in [-0.4, -0.2) is 0 Å². The lowest BCUT2D eigenvalue weighted by molar-refractivity contribution is 0.113. The van der Waals surface area contributed by atoms with E-state index < -0.39 is 0 Å². The van der Waals surface area contributed by atoms with Crippen LogP contribution >= 0.6 is 0 Å². The molecular weight excluding hydrogens is 312 g/mol. The molecular formula is C26H42. The van der Waals surface area contributed by atoms with Gasteiger partial charge in [0.1, 0.15) is 0 Å². The summed E-state index contributed by atoms with van der Waals surface area (Å²) in [6.07, 6.45) is 20.4. The number of hydrogen-bond acceptors (Lipinski definition) is 0. The van der Waals surface area contributed by atoms with E-state index in [4.69, 9.17) is 0 Å². The van der Waals surface area contributed by atoms with E-state index in [0.717, 1.165) is 23.7 Å². The second-order valence-electron chi connectivity index (χ2n) is 9.36. The van der Waals surface area contributed by atoms with Crippen molar-refractivity contribution in [2.75, 3.05) is 0 Å².